The van der Waals surface area contributed by atoms with E-state index in [4.69, 9.17) is 25.4 Å². The highest BCUT2D eigenvalue weighted by Crippen LogP contribution is 2.28. The predicted molar refractivity (Wildman–Crippen MR) is 60.2 cm³/mol. The maximum absolute atomic E-state index is 11.0. The molecule has 1 rings (SSSR count). The second-order valence-corrected chi connectivity index (χ2v) is 4.56. The lowest BCUT2D eigenvalue weighted by Gasteiger charge is -2.44. The normalized spacial score (nSPS) is 39.2. The minimum atomic E-state index is -2.67. The van der Waals surface area contributed by atoms with Crippen molar-refractivity contribution in [2.45, 2.75) is 49.8 Å². The first-order valence-electron chi connectivity index (χ1n) is 5.71. The van der Waals surface area contributed by atoms with E-state index in [9.17, 15) is 24.9 Å². The number of hydrogen-bond acceptors (Lipinski definition) is 8. The molecule has 10 heteroatoms. The zero-order valence-corrected chi connectivity index (χ0v) is 10.5. The Bertz CT molecular complexity index is 389. The van der Waals surface area contributed by atoms with Crippen molar-refractivity contribution in [3.8, 4) is 0 Å². The van der Waals surface area contributed by atoms with E-state index in [-0.39, 0.29) is 0 Å². The number of aliphatic carboxylic acids is 2. The molecule has 0 aromatic carbocycles. The van der Waals surface area contributed by atoms with Crippen LogP contribution in [0, 0.1) is 0 Å². The second-order valence-electron chi connectivity index (χ2n) is 4.56. The van der Waals surface area contributed by atoms with Crippen LogP contribution >= 0.6 is 0 Å². The van der Waals surface area contributed by atoms with Gasteiger partial charge in [0.05, 0.1) is 12.5 Å². The Kier molecular flexibility index (Phi) is 5.02. The molecule has 1 aliphatic rings. The molecule has 0 bridgehead atoms. The molecular weight excluding hydrogens is 278 g/mol. The molecule has 116 valence electrons. The van der Waals surface area contributed by atoms with Gasteiger partial charge in [0.1, 0.15) is 18.3 Å². The molecule has 6 atom stereocenters. The fraction of sp³-hybridized carbons (Fsp3) is 0.800. The third-order valence-corrected chi connectivity index (χ3v) is 2.87. The van der Waals surface area contributed by atoms with E-state index < -0.39 is 54.8 Å². The van der Waals surface area contributed by atoms with Crippen LogP contribution in [0.1, 0.15) is 13.3 Å². The molecule has 0 saturated carbocycles. The predicted octanol–water partition coefficient (Wildman–Crippen LogP) is -2.96. The number of carbonyl (C=O) groups is 2. The van der Waals surface area contributed by atoms with E-state index in [2.05, 4.69) is 0 Å². The molecule has 1 saturated heterocycles. The van der Waals surface area contributed by atoms with Crippen LogP contribution in [0.2, 0.25) is 0 Å². The molecule has 4 unspecified atom stereocenters. The molecule has 0 amide bonds. The molecule has 0 aliphatic carbocycles. The molecule has 0 spiro atoms. The van der Waals surface area contributed by atoms with Gasteiger partial charge in [0.15, 0.2) is 6.29 Å². The zero-order chi connectivity index (χ0) is 15.7. The van der Waals surface area contributed by atoms with E-state index >= 15 is 0 Å². The third kappa shape index (κ3) is 3.23. The largest absolute Gasteiger partial charge is 0.481 e. The van der Waals surface area contributed by atoms with Crippen molar-refractivity contribution in [2.24, 2.45) is 5.73 Å². The summed E-state index contributed by atoms with van der Waals surface area (Å²) in [7, 11) is 0. The summed E-state index contributed by atoms with van der Waals surface area (Å²) in [6, 6.07) is 0. The Morgan fingerprint density at radius 2 is 1.85 bits per heavy atom. The average molecular weight is 295 g/mol. The number of hydrogen-bond donors (Lipinski definition) is 6. The lowest BCUT2D eigenvalue weighted by atomic mass is 9.94. The maximum atomic E-state index is 11.0. The Morgan fingerprint density at radius 1 is 1.30 bits per heavy atom. The van der Waals surface area contributed by atoms with Crippen molar-refractivity contribution >= 4 is 11.9 Å². The monoisotopic (exact) mass is 295 g/mol. The summed E-state index contributed by atoms with van der Waals surface area (Å²) in [6.45, 7) is 1.35. The van der Waals surface area contributed by atoms with E-state index in [1.165, 1.54) is 6.92 Å². The van der Waals surface area contributed by atoms with E-state index in [1.807, 2.05) is 0 Å². The highest BCUT2D eigenvalue weighted by Gasteiger charge is 2.57. The molecule has 20 heavy (non-hydrogen) atoms. The molecule has 0 aromatic heterocycles. The standard InChI is InChI=1S/C10H17NO9/c1-3(2-4(12)13)19-8-6(15)5(14)7(16)10(11,20-8)9(17)18/h3,5-8,14-16H,2,11H2,1H3,(H,12,13)(H,17,18)/t3?,5?,6?,7-,8+,10?/m1/s1. The lowest BCUT2D eigenvalue weighted by Crippen LogP contribution is -2.72. The first-order valence-corrected chi connectivity index (χ1v) is 5.71. The summed E-state index contributed by atoms with van der Waals surface area (Å²) in [6.07, 6.45) is -8.85. The third-order valence-electron chi connectivity index (χ3n) is 2.87. The van der Waals surface area contributed by atoms with Gasteiger partial charge in [-0.2, -0.15) is 0 Å². The quantitative estimate of drug-likeness (QED) is 0.307. The minimum Gasteiger partial charge on any atom is -0.481 e. The van der Waals surface area contributed by atoms with Gasteiger partial charge in [-0.25, -0.2) is 4.79 Å². The average Bonchev–Trinajstić information content (AvgIpc) is 2.32. The fourth-order valence-corrected chi connectivity index (χ4v) is 1.74. The Morgan fingerprint density at radius 3 is 2.30 bits per heavy atom. The number of carboxylic acid groups (broad SMARTS) is 2. The number of ether oxygens (including phenoxy) is 2. The van der Waals surface area contributed by atoms with Crippen LogP contribution in [0.25, 0.3) is 0 Å². The van der Waals surface area contributed by atoms with Crippen LogP contribution in [0.3, 0.4) is 0 Å². The molecule has 0 radical (unpaired) electrons. The topological polar surface area (TPSA) is 180 Å². The number of aliphatic hydroxyl groups excluding tert-OH is 3. The van der Waals surface area contributed by atoms with Crippen LogP contribution in [-0.2, 0) is 19.1 Å². The summed E-state index contributed by atoms with van der Waals surface area (Å²) in [5.41, 5.74) is 2.65. The van der Waals surface area contributed by atoms with Crippen molar-refractivity contribution in [1.29, 1.82) is 0 Å². The van der Waals surface area contributed by atoms with Crippen LogP contribution in [0.15, 0.2) is 0 Å². The second kappa shape index (κ2) is 5.99. The molecule has 1 aliphatic heterocycles. The highest BCUT2D eigenvalue weighted by atomic mass is 16.7. The first kappa shape index (κ1) is 16.8. The molecule has 7 N–H and O–H groups in total. The number of aliphatic hydroxyl groups is 3. The van der Waals surface area contributed by atoms with Crippen LogP contribution < -0.4 is 5.73 Å². The SMILES string of the molecule is CC(CC(=O)O)O[C@H]1OC(N)(C(=O)O)[C@H](O)C(O)C1O. The van der Waals surface area contributed by atoms with Gasteiger partial charge in [0.2, 0.25) is 5.72 Å². The Balaban J connectivity index is 2.86. The molecule has 1 fully saturated rings. The summed E-state index contributed by atoms with van der Waals surface area (Å²) in [5, 5.41) is 46.3. The maximum Gasteiger partial charge on any atom is 0.354 e. The van der Waals surface area contributed by atoms with Gasteiger partial charge in [-0.3, -0.25) is 10.5 Å². The molecule has 0 aromatic rings. The summed E-state index contributed by atoms with van der Waals surface area (Å²) in [4.78, 5) is 21.5. The molecular formula is C10H17NO9. The van der Waals surface area contributed by atoms with Gasteiger partial charge in [-0.05, 0) is 6.92 Å². The number of carboxylic acids is 2. The van der Waals surface area contributed by atoms with Crippen molar-refractivity contribution in [3.05, 3.63) is 0 Å². The number of rotatable bonds is 5. The Labute approximate surface area is 113 Å². The van der Waals surface area contributed by atoms with Gasteiger partial charge >= 0.3 is 11.9 Å². The molecule has 1 heterocycles. The summed E-state index contributed by atoms with van der Waals surface area (Å²) in [5.74, 6) is -2.95. The minimum absolute atomic E-state index is 0.435. The van der Waals surface area contributed by atoms with Crippen molar-refractivity contribution in [1.82, 2.24) is 0 Å². The van der Waals surface area contributed by atoms with Gasteiger partial charge in [-0.1, -0.05) is 0 Å². The smallest absolute Gasteiger partial charge is 0.354 e. The zero-order valence-electron chi connectivity index (χ0n) is 10.5. The Hall–Kier alpha value is -1.30. The van der Waals surface area contributed by atoms with Crippen molar-refractivity contribution in [3.63, 3.8) is 0 Å². The van der Waals surface area contributed by atoms with Crippen molar-refractivity contribution < 1.29 is 44.6 Å². The van der Waals surface area contributed by atoms with Gasteiger partial charge in [-0.15, -0.1) is 0 Å². The van der Waals surface area contributed by atoms with Gasteiger partial charge < -0.3 is 35.0 Å². The van der Waals surface area contributed by atoms with E-state index in [0.717, 1.165) is 0 Å². The van der Waals surface area contributed by atoms with Crippen LogP contribution in [-0.4, -0.2) is 73.9 Å². The van der Waals surface area contributed by atoms with E-state index in [1.54, 1.807) is 0 Å². The van der Waals surface area contributed by atoms with Crippen LogP contribution in [0.5, 0.6) is 0 Å². The number of nitrogens with two attached hydrogens (primary N) is 1. The first-order chi connectivity index (χ1) is 9.09. The summed E-state index contributed by atoms with van der Waals surface area (Å²) >= 11 is 0. The van der Waals surface area contributed by atoms with Crippen LogP contribution in [0.4, 0.5) is 0 Å². The highest BCUT2D eigenvalue weighted by molar-refractivity contribution is 5.77. The fourth-order valence-electron chi connectivity index (χ4n) is 1.74. The summed E-state index contributed by atoms with van der Waals surface area (Å²) < 4.78 is 9.80. The lowest BCUT2D eigenvalue weighted by molar-refractivity contribution is -0.332. The van der Waals surface area contributed by atoms with Crippen molar-refractivity contribution in [2.75, 3.05) is 0 Å². The van der Waals surface area contributed by atoms with E-state index in [0.29, 0.717) is 0 Å². The van der Waals surface area contributed by atoms with Gasteiger partial charge in [0.25, 0.3) is 0 Å². The molecule has 10 nitrogen and oxygen atoms in total. The van der Waals surface area contributed by atoms with Gasteiger partial charge in [0, 0.05) is 0 Å².